The number of hydrogen-bond acceptors (Lipinski definition) is 5. The van der Waals surface area contributed by atoms with Crippen LogP contribution >= 0.6 is 15.9 Å². The number of aryl methyl sites for hydroxylation is 1. The highest BCUT2D eigenvalue weighted by molar-refractivity contribution is 9.10. The predicted molar refractivity (Wildman–Crippen MR) is 70.2 cm³/mol. The zero-order valence-electron chi connectivity index (χ0n) is 9.85. The van der Waals surface area contributed by atoms with Crippen molar-refractivity contribution in [2.24, 2.45) is 7.05 Å². The lowest BCUT2D eigenvalue weighted by Crippen LogP contribution is -2.14. The second-order valence-electron chi connectivity index (χ2n) is 3.70. The molecular formula is C10H13BrN6. The lowest BCUT2D eigenvalue weighted by molar-refractivity contribution is 0.740. The van der Waals surface area contributed by atoms with Crippen LogP contribution in [0, 0.1) is 6.92 Å². The number of nitrogens with two attached hydrogens (primary N) is 1. The molecule has 6 nitrogen and oxygen atoms in total. The van der Waals surface area contributed by atoms with E-state index in [0.29, 0.717) is 16.2 Å². The molecule has 2 heterocycles. The molecule has 0 amide bonds. The van der Waals surface area contributed by atoms with Crippen molar-refractivity contribution < 1.29 is 0 Å². The second-order valence-corrected chi connectivity index (χ2v) is 4.56. The van der Waals surface area contributed by atoms with E-state index < -0.39 is 0 Å². The summed E-state index contributed by atoms with van der Waals surface area (Å²) in [5.41, 5.74) is 7.73. The number of nitrogen functional groups attached to an aromatic ring is 1. The van der Waals surface area contributed by atoms with Crippen molar-refractivity contribution in [3.8, 4) is 0 Å². The molecule has 0 unspecified atom stereocenters. The number of nitrogens with zero attached hydrogens (tertiary/aromatic N) is 5. The molecule has 0 saturated carbocycles. The Morgan fingerprint density at radius 3 is 2.65 bits per heavy atom. The molecule has 0 aromatic carbocycles. The lowest BCUT2D eigenvalue weighted by atomic mass is 10.4. The second kappa shape index (κ2) is 4.33. The van der Waals surface area contributed by atoms with Crippen LogP contribution < -0.4 is 10.6 Å². The molecule has 0 aliphatic rings. The van der Waals surface area contributed by atoms with Gasteiger partial charge in [0.2, 0.25) is 5.95 Å². The molecule has 90 valence electrons. The van der Waals surface area contributed by atoms with Gasteiger partial charge >= 0.3 is 0 Å². The van der Waals surface area contributed by atoms with Gasteiger partial charge in [-0.1, -0.05) is 0 Å². The first-order chi connectivity index (χ1) is 8.00. The fourth-order valence-corrected chi connectivity index (χ4v) is 1.65. The smallest absolute Gasteiger partial charge is 0.231 e. The highest BCUT2D eigenvalue weighted by Gasteiger charge is 2.13. The van der Waals surface area contributed by atoms with E-state index in [4.69, 9.17) is 5.73 Å². The first kappa shape index (κ1) is 11.8. The molecule has 0 atom stereocenters. The normalized spacial score (nSPS) is 10.6. The molecule has 0 aliphatic heterocycles. The van der Waals surface area contributed by atoms with E-state index in [1.807, 2.05) is 25.9 Å². The summed E-state index contributed by atoms with van der Waals surface area (Å²) in [4.78, 5) is 10.3. The molecular weight excluding hydrogens is 284 g/mol. The molecule has 0 bridgehead atoms. The van der Waals surface area contributed by atoms with Gasteiger partial charge in [-0.2, -0.15) is 10.1 Å². The fraction of sp³-hybridized carbons (Fsp3) is 0.300. The van der Waals surface area contributed by atoms with Crippen LogP contribution in [0.4, 0.5) is 17.5 Å². The van der Waals surface area contributed by atoms with E-state index in [0.717, 1.165) is 11.4 Å². The Kier molecular flexibility index (Phi) is 3.01. The average molecular weight is 297 g/mol. The quantitative estimate of drug-likeness (QED) is 0.912. The first-order valence-corrected chi connectivity index (χ1v) is 5.80. The highest BCUT2D eigenvalue weighted by atomic mass is 79.9. The van der Waals surface area contributed by atoms with Gasteiger partial charge in [-0.15, -0.1) is 0 Å². The fourth-order valence-electron chi connectivity index (χ4n) is 1.46. The molecule has 17 heavy (non-hydrogen) atoms. The Balaban J connectivity index is 2.40. The van der Waals surface area contributed by atoms with Crippen LogP contribution in [0.5, 0.6) is 0 Å². The lowest BCUT2D eigenvalue weighted by Gasteiger charge is -2.16. The summed E-state index contributed by atoms with van der Waals surface area (Å²) in [6.45, 7) is 1.99. The largest absolute Gasteiger partial charge is 0.383 e. The Bertz CT molecular complexity index is 550. The SMILES string of the molecule is Cc1c(N(C)c2ncc(Br)c(N)n2)cnn1C. The third-order valence-electron chi connectivity index (χ3n) is 2.63. The van der Waals surface area contributed by atoms with Gasteiger partial charge in [0.25, 0.3) is 0 Å². The van der Waals surface area contributed by atoms with Crippen molar-refractivity contribution in [3.63, 3.8) is 0 Å². The molecule has 2 rings (SSSR count). The van der Waals surface area contributed by atoms with Gasteiger partial charge < -0.3 is 10.6 Å². The Labute approximate surface area is 108 Å². The summed E-state index contributed by atoms with van der Waals surface area (Å²) in [6, 6.07) is 0. The zero-order chi connectivity index (χ0) is 12.6. The third-order valence-corrected chi connectivity index (χ3v) is 3.24. The van der Waals surface area contributed by atoms with Crippen molar-refractivity contribution in [1.82, 2.24) is 19.7 Å². The van der Waals surface area contributed by atoms with Crippen LogP contribution in [0.3, 0.4) is 0 Å². The van der Waals surface area contributed by atoms with E-state index in [9.17, 15) is 0 Å². The number of halogens is 1. The number of anilines is 3. The van der Waals surface area contributed by atoms with Crippen LogP contribution in [0.1, 0.15) is 5.69 Å². The summed E-state index contributed by atoms with van der Waals surface area (Å²) < 4.78 is 2.49. The Morgan fingerprint density at radius 1 is 1.41 bits per heavy atom. The first-order valence-electron chi connectivity index (χ1n) is 5.01. The standard InChI is InChI=1S/C10H13BrN6/c1-6-8(5-14-17(6)3)16(2)10-13-4-7(11)9(12)15-10/h4-5H,1-3H3,(H2,12,13,15). The molecule has 7 heteroatoms. The average Bonchev–Trinajstić information content (AvgIpc) is 2.63. The Hall–Kier alpha value is -1.63. The van der Waals surface area contributed by atoms with E-state index in [2.05, 4.69) is 31.0 Å². The van der Waals surface area contributed by atoms with Gasteiger partial charge in [-0.05, 0) is 22.9 Å². The summed E-state index contributed by atoms with van der Waals surface area (Å²) in [6.07, 6.45) is 3.41. The molecule has 2 N–H and O–H groups in total. The molecule has 0 fully saturated rings. The third kappa shape index (κ3) is 2.10. The van der Waals surface area contributed by atoms with Crippen LogP contribution in [-0.4, -0.2) is 26.8 Å². The van der Waals surface area contributed by atoms with Crippen molar-refractivity contribution in [3.05, 3.63) is 22.6 Å². The van der Waals surface area contributed by atoms with Gasteiger partial charge in [0, 0.05) is 20.3 Å². The number of aromatic nitrogens is 4. The summed E-state index contributed by atoms with van der Waals surface area (Å²) in [5.74, 6) is 0.963. The maximum absolute atomic E-state index is 5.73. The van der Waals surface area contributed by atoms with E-state index in [1.165, 1.54) is 0 Å². The minimum Gasteiger partial charge on any atom is -0.383 e. The van der Waals surface area contributed by atoms with Crippen LogP contribution in [0.15, 0.2) is 16.9 Å². The molecule has 0 radical (unpaired) electrons. The summed E-state index contributed by atoms with van der Waals surface area (Å²) >= 11 is 3.27. The van der Waals surface area contributed by atoms with Crippen molar-refractivity contribution >= 4 is 33.4 Å². The summed E-state index contributed by atoms with van der Waals surface area (Å²) in [7, 11) is 3.77. The molecule has 0 saturated heterocycles. The van der Waals surface area contributed by atoms with Crippen molar-refractivity contribution in [1.29, 1.82) is 0 Å². The van der Waals surface area contributed by atoms with Crippen LogP contribution in [-0.2, 0) is 7.05 Å². The van der Waals surface area contributed by atoms with E-state index >= 15 is 0 Å². The highest BCUT2D eigenvalue weighted by Crippen LogP contribution is 2.25. The minimum absolute atomic E-state index is 0.420. The van der Waals surface area contributed by atoms with Gasteiger partial charge in [0.05, 0.1) is 22.1 Å². The topological polar surface area (TPSA) is 72.9 Å². The van der Waals surface area contributed by atoms with Crippen LogP contribution in [0.2, 0.25) is 0 Å². The summed E-state index contributed by atoms with van der Waals surface area (Å²) in [5, 5.41) is 4.18. The van der Waals surface area contributed by atoms with Gasteiger partial charge in [0.15, 0.2) is 0 Å². The number of rotatable bonds is 2. The van der Waals surface area contributed by atoms with E-state index in [1.54, 1.807) is 17.1 Å². The van der Waals surface area contributed by atoms with Crippen molar-refractivity contribution in [2.45, 2.75) is 6.92 Å². The van der Waals surface area contributed by atoms with E-state index in [-0.39, 0.29) is 0 Å². The van der Waals surface area contributed by atoms with Gasteiger partial charge in [0.1, 0.15) is 5.82 Å². The Morgan fingerprint density at radius 2 is 2.12 bits per heavy atom. The minimum atomic E-state index is 0.420. The zero-order valence-corrected chi connectivity index (χ0v) is 11.4. The molecule has 0 spiro atoms. The molecule has 2 aromatic rings. The maximum Gasteiger partial charge on any atom is 0.231 e. The molecule has 2 aromatic heterocycles. The van der Waals surface area contributed by atoms with Crippen molar-refractivity contribution in [2.75, 3.05) is 17.7 Å². The monoisotopic (exact) mass is 296 g/mol. The number of hydrogen-bond donors (Lipinski definition) is 1. The maximum atomic E-state index is 5.73. The van der Waals surface area contributed by atoms with Gasteiger partial charge in [-0.25, -0.2) is 4.98 Å². The van der Waals surface area contributed by atoms with Crippen LogP contribution in [0.25, 0.3) is 0 Å². The predicted octanol–water partition coefficient (Wildman–Crippen LogP) is 1.63. The molecule has 0 aliphatic carbocycles. The van der Waals surface area contributed by atoms with Gasteiger partial charge in [-0.3, -0.25) is 4.68 Å².